The number of halogens is 1. The highest BCUT2D eigenvalue weighted by atomic mass is 19.1. The molecule has 152 valence electrons. The van der Waals surface area contributed by atoms with E-state index in [0.29, 0.717) is 31.5 Å². The lowest BCUT2D eigenvalue weighted by Crippen LogP contribution is -2.44. The fraction of sp³-hybridized carbons (Fsp3) is 0.524. The fourth-order valence-electron chi connectivity index (χ4n) is 3.79. The molecule has 1 amide bonds. The van der Waals surface area contributed by atoms with Crippen LogP contribution >= 0.6 is 0 Å². The molecule has 1 aliphatic heterocycles. The van der Waals surface area contributed by atoms with Gasteiger partial charge in [-0.05, 0) is 56.4 Å². The summed E-state index contributed by atoms with van der Waals surface area (Å²) in [7, 11) is 1.71. The quantitative estimate of drug-likeness (QED) is 0.527. The van der Waals surface area contributed by atoms with Crippen molar-refractivity contribution in [2.45, 2.75) is 45.1 Å². The van der Waals surface area contributed by atoms with Gasteiger partial charge in [0, 0.05) is 56.2 Å². The van der Waals surface area contributed by atoms with Crippen molar-refractivity contribution in [2.24, 2.45) is 4.99 Å². The van der Waals surface area contributed by atoms with Gasteiger partial charge in [0.25, 0.3) is 0 Å². The van der Waals surface area contributed by atoms with Crippen LogP contribution in [0.15, 0.2) is 29.4 Å². The molecule has 2 heterocycles. The third-order valence-electron chi connectivity index (χ3n) is 5.39. The van der Waals surface area contributed by atoms with E-state index in [4.69, 9.17) is 0 Å². The Morgan fingerprint density at radius 1 is 1.32 bits per heavy atom. The van der Waals surface area contributed by atoms with Crippen LogP contribution in [0.1, 0.15) is 38.2 Å². The number of guanidine groups is 1. The summed E-state index contributed by atoms with van der Waals surface area (Å²) in [5.74, 6) is 0.646. The van der Waals surface area contributed by atoms with Crippen molar-refractivity contribution in [3.8, 4) is 0 Å². The normalized spacial score (nSPS) is 17.8. The Morgan fingerprint density at radius 3 is 2.93 bits per heavy atom. The minimum absolute atomic E-state index is 0.205. The van der Waals surface area contributed by atoms with Crippen molar-refractivity contribution in [2.75, 3.05) is 26.7 Å². The lowest BCUT2D eigenvalue weighted by molar-refractivity contribution is -0.134. The Kier molecular flexibility index (Phi) is 6.90. The maximum Gasteiger partial charge on any atom is 0.224 e. The van der Waals surface area contributed by atoms with E-state index >= 15 is 0 Å². The van der Waals surface area contributed by atoms with Crippen molar-refractivity contribution < 1.29 is 9.18 Å². The van der Waals surface area contributed by atoms with Gasteiger partial charge in [-0.1, -0.05) is 0 Å². The number of aromatic nitrogens is 1. The summed E-state index contributed by atoms with van der Waals surface area (Å²) in [6, 6.07) is 5.11. The van der Waals surface area contributed by atoms with Crippen LogP contribution in [0.3, 0.4) is 0 Å². The van der Waals surface area contributed by atoms with E-state index in [1.807, 2.05) is 11.1 Å². The number of H-pyrrole nitrogens is 1. The molecule has 1 unspecified atom stereocenters. The Morgan fingerprint density at radius 2 is 2.14 bits per heavy atom. The zero-order chi connectivity index (χ0) is 19.9. The number of carbonyl (C=O) groups excluding carboxylic acids is 1. The van der Waals surface area contributed by atoms with Gasteiger partial charge >= 0.3 is 0 Å². The summed E-state index contributed by atoms with van der Waals surface area (Å²) >= 11 is 0. The Labute approximate surface area is 165 Å². The average molecular weight is 388 g/mol. The number of nitrogens with zero attached hydrogens (tertiary/aromatic N) is 2. The van der Waals surface area contributed by atoms with Gasteiger partial charge in [0.05, 0.1) is 0 Å². The zero-order valence-electron chi connectivity index (χ0n) is 16.7. The average Bonchev–Trinajstić information content (AvgIpc) is 3.09. The van der Waals surface area contributed by atoms with E-state index in [-0.39, 0.29) is 11.7 Å². The molecule has 0 spiro atoms. The van der Waals surface area contributed by atoms with Gasteiger partial charge < -0.3 is 20.5 Å². The van der Waals surface area contributed by atoms with E-state index in [1.165, 1.54) is 12.5 Å². The first-order chi connectivity index (χ1) is 13.6. The Bertz CT molecular complexity index is 831. The van der Waals surface area contributed by atoms with Crippen LogP contribution in [0.25, 0.3) is 10.9 Å². The molecule has 3 rings (SSSR count). The smallest absolute Gasteiger partial charge is 0.224 e. The van der Waals surface area contributed by atoms with Gasteiger partial charge in [0.1, 0.15) is 5.82 Å². The molecule has 1 fully saturated rings. The summed E-state index contributed by atoms with van der Waals surface area (Å²) < 4.78 is 13.5. The first-order valence-electron chi connectivity index (χ1n) is 10.1. The molecule has 28 heavy (non-hydrogen) atoms. The van der Waals surface area contributed by atoms with Crippen LogP contribution in [0.4, 0.5) is 4.39 Å². The highest BCUT2D eigenvalue weighted by molar-refractivity contribution is 5.84. The van der Waals surface area contributed by atoms with Crippen LogP contribution in [0.2, 0.25) is 0 Å². The predicted molar refractivity (Wildman–Crippen MR) is 111 cm³/mol. The molecule has 7 heteroatoms. The topological polar surface area (TPSA) is 72.5 Å². The number of amides is 1. The number of carbonyl (C=O) groups is 1. The van der Waals surface area contributed by atoms with Crippen molar-refractivity contribution in [1.82, 2.24) is 20.5 Å². The van der Waals surface area contributed by atoms with Gasteiger partial charge in [0.2, 0.25) is 5.91 Å². The molecule has 0 bridgehead atoms. The number of fused-ring (bicyclic) bond motifs is 1. The summed E-state index contributed by atoms with van der Waals surface area (Å²) in [6.07, 6.45) is 6.54. The number of piperidine rings is 1. The van der Waals surface area contributed by atoms with Crippen LogP contribution in [0.5, 0.6) is 0 Å². The number of aromatic amines is 1. The number of aliphatic imine (C=N–C) groups is 1. The van der Waals surface area contributed by atoms with E-state index in [1.54, 1.807) is 19.2 Å². The van der Waals surface area contributed by atoms with Gasteiger partial charge in [0.15, 0.2) is 5.96 Å². The third kappa shape index (κ3) is 5.03. The standard InChI is InChI=1S/C21H30FN5O/c1-15-5-3-4-12-27(15)20(28)9-11-25-21(23-2)24-10-8-16-14-26-19-7-6-17(22)13-18(16)19/h6-7,13-15,26H,3-5,8-12H2,1-2H3,(H2,23,24,25). The third-order valence-corrected chi connectivity index (χ3v) is 5.39. The molecule has 2 aromatic rings. The van der Waals surface area contributed by atoms with Crippen LogP contribution in [0, 0.1) is 5.82 Å². The second kappa shape index (κ2) is 9.57. The molecule has 6 nitrogen and oxygen atoms in total. The SMILES string of the molecule is CN=C(NCCC(=O)N1CCCCC1C)NCCc1c[nH]c2ccc(F)cc12. The highest BCUT2D eigenvalue weighted by Gasteiger charge is 2.22. The molecule has 1 aromatic carbocycles. The molecular formula is C21H30FN5O. The minimum atomic E-state index is -0.230. The van der Waals surface area contributed by atoms with Crippen LogP contribution in [-0.2, 0) is 11.2 Å². The Hall–Kier alpha value is -2.57. The molecule has 1 aliphatic rings. The number of nitrogens with one attached hydrogen (secondary N) is 3. The molecule has 1 saturated heterocycles. The monoisotopic (exact) mass is 387 g/mol. The van der Waals surface area contributed by atoms with E-state index < -0.39 is 0 Å². The van der Waals surface area contributed by atoms with Gasteiger partial charge in [-0.25, -0.2) is 4.39 Å². The molecule has 1 atom stereocenters. The van der Waals surface area contributed by atoms with E-state index in [0.717, 1.165) is 42.3 Å². The van der Waals surface area contributed by atoms with Gasteiger partial charge in [-0.15, -0.1) is 0 Å². The maximum atomic E-state index is 13.5. The number of benzene rings is 1. The molecule has 3 N–H and O–H groups in total. The first-order valence-corrected chi connectivity index (χ1v) is 10.1. The van der Waals surface area contributed by atoms with Crippen LogP contribution < -0.4 is 10.6 Å². The van der Waals surface area contributed by atoms with Crippen molar-refractivity contribution in [3.05, 3.63) is 35.8 Å². The number of hydrogen-bond acceptors (Lipinski definition) is 2. The number of rotatable bonds is 6. The van der Waals surface area contributed by atoms with Crippen molar-refractivity contribution in [1.29, 1.82) is 0 Å². The summed E-state index contributed by atoms with van der Waals surface area (Å²) in [6.45, 7) is 4.22. The Balaban J connectivity index is 1.42. The van der Waals surface area contributed by atoms with Crippen molar-refractivity contribution in [3.63, 3.8) is 0 Å². The maximum absolute atomic E-state index is 13.5. The second-order valence-electron chi connectivity index (χ2n) is 7.36. The summed E-state index contributed by atoms with van der Waals surface area (Å²) in [5, 5.41) is 7.37. The molecule has 0 radical (unpaired) electrons. The van der Waals surface area contributed by atoms with E-state index in [2.05, 4.69) is 27.5 Å². The van der Waals surface area contributed by atoms with Crippen LogP contribution in [-0.4, -0.2) is 54.5 Å². The largest absolute Gasteiger partial charge is 0.361 e. The van der Waals surface area contributed by atoms with Crippen molar-refractivity contribution >= 4 is 22.8 Å². The molecule has 0 aliphatic carbocycles. The second-order valence-corrected chi connectivity index (χ2v) is 7.36. The molecular weight excluding hydrogens is 357 g/mol. The van der Waals surface area contributed by atoms with E-state index in [9.17, 15) is 9.18 Å². The highest BCUT2D eigenvalue weighted by Crippen LogP contribution is 2.19. The minimum Gasteiger partial charge on any atom is -0.361 e. The van der Waals surface area contributed by atoms with Gasteiger partial charge in [-0.3, -0.25) is 9.79 Å². The zero-order valence-corrected chi connectivity index (χ0v) is 16.7. The summed E-state index contributed by atoms with van der Waals surface area (Å²) in [4.78, 5) is 21.8. The number of likely N-dealkylation sites (tertiary alicyclic amines) is 1. The summed E-state index contributed by atoms with van der Waals surface area (Å²) in [5.41, 5.74) is 2.00. The lowest BCUT2D eigenvalue weighted by Gasteiger charge is -2.33. The molecule has 1 aromatic heterocycles. The first kappa shape index (κ1) is 20.2. The van der Waals surface area contributed by atoms with Gasteiger partial charge in [-0.2, -0.15) is 0 Å². The predicted octanol–water partition coefficient (Wildman–Crippen LogP) is 2.81. The molecule has 0 saturated carbocycles. The number of hydrogen-bond donors (Lipinski definition) is 3. The lowest BCUT2D eigenvalue weighted by atomic mass is 10.0. The fourth-order valence-corrected chi connectivity index (χ4v) is 3.79.